The van der Waals surface area contributed by atoms with Crippen molar-refractivity contribution < 1.29 is 28.7 Å². The first kappa shape index (κ1) is 27.4. The lowest BCUT2D eigenvalue weighted by atomic mass is 10.1. The van der Waals surface area contributed by atoms with Crippen molar-refractivity contribution in [3.05, 3.63) is 69.1 Å². The van der Waals surface area contributed by atoms with Crippen LogP contribution in [-0.4, -0.2) is 57.5 Å². The van der Waals surface area contributed by atoms with Gasteiger partial charge in [0.15, 0.2) is 5.82 Å². The molecule has 0 atom stereocenters. The van der Waals surface area contributed by atoms with Gasteiger partial charge in [-0.05, 0) is 56.7 Å². The van der Waals surface area contributed by atoms with Crippen molar-refractivity contribution in [2.45, 2.75) is 20.8 Å². The van der Waals surface area contributed by atoms with Crippen LogP contribution in [0.2, 0.25) is 10.0 Å². The smallest absolute Gasteiger partial charge is 0.438 e. The van der Waals surface area contributed by atoms with Crippen LogP contribution >= 0.6 is 23.2 Å². The fourth-order valence-electron chi connectivity index (χ4n) is 3.23. The lowest BCUT2D eigenvalue weighted by Gasteiger charge is -2.21. The molecule has 0 saturated carbocycles. The van der Waals surface area contributed by atoms with Gasteiger partial charge in [-0.25, -0.2) is 24.7 Å². The van der Waals surface area contributed by atoms with E-state index in [0.29, 0.717) is 11.3 Å². The zero-order valence-electron chi connectivity index (χ0n) is 20.2. The van der Waals surface area contributed by atoms with Crippen molar-refractivity contribution in [1.82, 2.24) is 25.2 Å². The second-order valence-electron chi connectivity index (χ2n) is 7.44. The lowest BCUT2D eigenvalue weighted by molar-refractivity contribution is 0.0588. The average molecular weight is 549 g/mol. The van der Waals surface area contributed by atoms with Gasteiger partial charge in [-0.15, -0.1) is 5.01 Å². The van der Waals surface area contributed by atoms with Crippen LogP contribution in [0.4, 0.5) is 15.3 Å². The number of carbonyl (C=O) groups excluding carboxylic acids is 4. The second kappa shape index (κ2) is 11.7. The van der Waals surface area contributed by atoms with Crippen LogP contribution < -0.4 is 10.7 Å². The molecule has 0 unspecified atom stereocenters. The molecule has 2 N–H and O–H groups in total. The second-order valence-corrected chi connectivity index (χ2v) is 8.28. The number of halogens is 2. The zero-order chi connectivity index (χ0) is 27.3. The minimum atomic E-state index is -1.19. The molecule has 3 rings (SSSR count). The summed E-state index contributed by atoms with van der Waals surface area (Å²) in [5.41, 5.74) is 3.06. The third-order valence-electron chi connectivity index (χ3n) is 4.81. The monoisotopic (exact) mass is 548 g/mol. The number of hydrogen-bond acceptors (Lipinski definition) is 8. The maximum atomic E-state index is 13.3. The van der Waals surface area contributed by atoms with Gasteiger partial charge in [-0.1, -0.05) is 23.2 Å². The molecule has 194 valence electrons. The van der Waals surface area contributed by atoms with Crippen LogP contribution in [0.15, 0.2) is 36.5 Å². The molecule has 2 heterocycles. The van der Waals surface area contributed by atoms with Gasteiger partial charge in [0.25, 0.3) is 11.8 Å². The Morgan fingerprint density at radius 2 is 1.81 bits per heavy atom. The van der Waals surface area contributed by atoms with Gasteiger partial charge < -0.3 is 14.8 Å². The number of methoxy groups -OCH3 is 1. The summed E-state index contributed by atoms with van der Waals surface area (Å²) >= 11 is 12.4. The molecule has 0 aliphatic rings. The highest BCUT2D eigenvalue weighted by molar-refractivity contribution is 6.32. The minimum absolute atomic E-state index is 0.0623. The van der Waals surface area contributed by atoms with Crippen LogP contribution in [-0.2, 0) is 9.47 Å². The van der Waals surface area contributed by atoms with E-state index in [-0.39, 0.29) is 44.4 Å². The summed E-state index contributed by atoms with van der Waals surface area (Å²) in [6, 6.07) is 7.54. The Kier molecular flexibility index (Phi) is 8.69. The Balaban J connectivity index is 1.99. The molecule has 0 aliphatic carbocycles. The van der Waals surface area contributed by atoms with E-state index < -0.39 is 24.0 Å². The van der Waals surface area contributed by atoms with Crippen molar-refractivity contribution >= 4 is 52.9 Å². The number of hydrogen-bond donors (Lipinski definition) is 2. The van der Waals surface area contributed by atoms with Crippen LogP contribution in [0.3, 0.4) is 0 Å². The topological polar surface area (TPSA) is 145 Å². The number of rotatable bonds is 5. The van der Waals surface area contributed by atoms with Gasteiger partial charge >= 0.3 is 12.2 Å². The fraction of sp³-hybridized carbons (Fsp3) is 0.217. The number of imide groups is 1. The van der Waals surface area contributed by atoms with E-state index >= 15 is 0 Å². The predicted octanol–water partition coefficient (Wildman–Crippen LogP) is 4.31. The third-order valence-corrected chi connectivity index (χ3v) is 5.32. The Bertz CT molecular complexity index is 1380. The van der Waals surface area contributed by atoms with Crippen molar-refractivity contribution in [2.75, 3.05) is 19.0 Å². The first-order valence-corrected chi connectivity index (χ1v) is 11.5. The SMILES string of the molecule is CCOC(=O)N(NC(=O)c1cc(Cl)cc(C)c1NC(=O)c1cc(C)nn1-c1ncccc1Cl)C(=O)OC. The van der Waals surface area contributed by atoms with E-state index in [1.807, 2.05) is 0 Å². The molecular formula is C23H22Cl2N6O6. The predicted molar refractivity (Wildman–Crippen MR) is 134 cm³/mol. The van der Waals surface area contributed by atoms with Crippen LogP contribution in [0.5, 0.6) is 0 Å². The highest BCUT2D eigenvalue weighted by Gasteiger charge is 2.29. The number of anilines is 1. The molecule has 1 aromatic carbocycles. The Labute approximate surface area is 221 Å². The van der Waals surface area contributed by atoms with E-state index in [1.54, 1.807) is 26.0 Å². The molecule has 0 spiro atoms. The fourth-order valence-corrected chi connectivity index (χ4v) is 3.70. The molecule has 2 aromatic heterocycles. The van der Waals surface area contributed by atoms with Crippen LogP contribution in [0, 0.1) is 13.8 Å². The summed E-state index contributed by atoms with van der Waals surface area (Å²) in [7, 11) is 1.02. The van der Waals surface area contributed by atoms with Crippen LogP contribution in [0.25, 0.3) is 5.82 Å². The molecule has 0 aliphatic heterocycles. The number of carbonyl (C=O) groups is 4. The quantitative estimate of drug-likeness (QED) is 0.448. The van der Waals surface area contributed by atoms with Gasteiger partial charge in [0.05, 0.1) is 35.7 Å². The average Bonchev–Trinajstić information content (AvgIpc) is 3.25. The van der Waals surface area contributed by atoms with E-state index in [4.69, 9.17) is 27.9 Å². The maximum Gasteiger partial charge on any atom is 0.438 e. The number of amides is 4. The van der Waals surface area contributed by atoms with E-state index in [1.165, 1.54) is 36.0 Å². The van der Waals surface area contributed by atoms with Gasteiger partial charge in [0.1, 0.15) is 5.69 Å². The minimum Gasteiger partial charge on any atom is -0.451 e. The van der Waals surface area contributed by atoms with Crippen molar-refractivity contribution in [2.24, 2.45) is 0 Å². The van der Waals surface area contributed by atoms with Crippen LogP contribution in [0.1, 0.15) is 39.0 Å². The Hall–Kier alpha value is -4.16. The summed E-state index contributed by atoms with van der Waals surface area (Å²) < 4.78 is 10.6. The van der Waals surface area contributed by atoms with Crippen molar-refractivity contribution in [3.8, 4) is 5.82 Å². The first-order chi connectivity index (χ1) is 17.6. The Morgan fingerprint density at radius 1 is 1.08 bits per heavy atom. The number of aryl methyl sites for hydroxylation is 2. The molecule has 4 amide bonds. The first-order valence-electron chi connectivity index (χ1n) is 10.7. The standard InChI is InChI=1S/C23H22Cl2N6O6/c1-5-37-23(35)31(22(34)36-4)29-20(32)15-11-14(24)9-12(2)18(15)27-21(33)17-10-13(3)28-30(17)19-16(25)7-6-8-26-19/h6-11H,5H2,1-4H3,(H,27,33)(H,29,32). The van der Waals surface area contributed by atoms with Crippen molar-refractivity contribution in [1.29, 1.82) is 0 Å². The van der Waals surface area contributed by atoms with E-state index in [0.717, 1.165) is 7.11 Å². The lowest BCUT2D eigenvalue weighted by Crippen LogP contribution is -2.50. The molecule has 37 heavy (non-hydrogen) atoms. The molecule has 0 fully saturated rings. The van der Waals surface area contributed by atoms with Gasteiger partial charge in [0.2, 0.25) is 0 Å². The molecule has 14 heteroatoms. The number of benzene rings is 1. The summed E-state index contributed by atoms with van der Waals surface area (Å²) in [6.45, 7) is 4.76. The highest BCUT2D eigenvalue weighted by Crippen LogP contribution is 2.27. The Morgan fingerprint density at radius 3 is 2.46 bits per heavy atom. The molecular weight excluding hydrogens is 527 g/mol. The van der Waals surface area contributed by atoms with E-state index in [9.17, 15) is 19.2 Å². The molecule has 0 radical (unpaired) electrons. The number of pyridine rings is 1. The molecule has 12 nitrogen and oxygen atoms in total. The zero-order valence-corrected chi connectivity index (χ0v) is 21.7. The summed E-state index contributed by atoms with van der Waals surface area (Å²) in [5.74, 6) is -1.36. The largest absolute Gasteiger partial charge is 0.451 e. The molecule has 0 bridgehead atoms. The number of hydrazine groups is 1. The number of nitrogens with zero attached hydrogens (tertiary/aromatic N) is 4. The number of nitrogens with one attached hydrogen (secondary N) is 2. The van der Waals surface area contributed by atoms with Gasteiger partial charge in [-0.3, -0.25) is 9.59 Å². The summed E-state index contributed by atoms with van der Waals surface area (Å²) in [4.78, 5) is 54.9. The molecule has 3 aromatic rings. The van der Waals surface area contributed by atoms with Gasteiger partial charge in [-0.2, -0.15) is 5.10 Å². The highest BCUT2D eigenvalue weighted by atomic mass is 35.5. The molecule has 0 saturated heterocycles. The van der Waals surface area contributed by atoms with Crippen molar-refractivity contribution in [3.63, 3.8) is 0 Å². The number of ether oxygens (including phenoxy) is 2. The maximum absolute atomic E-state index is 13.3. The van der Waals surface area contributed by atoms with Gasteiger partial charge in [0, 0.05) is 11.2 Å². The summed E-state index contributed by atoms with van der Waals surface area (Å²) in [6.07, 6.45) is -0.858. The van der Waals surface area contributed by atoms with E-state index in [2.05, 4.69) is 25.6 Å². The summed E-state index contributed by atoms with van der Waals surface area (Å²) in [5, 5.41) is 7.67. The normalized spacial score (nSPS) is 10.4. The third kappa shape index (κ3) is 6.16. The number of aromatic nitrogens is 3.